The van der Waals surface area contributed by atoms with Crippen LogP contribution in [0.25, 0.3) is 0 Å². The van der Waals surface area contributed by atoms with Gasteiger partial charge in [-0.2, -0.15) is 0 Å². The normalized spacial score (nSPS) is 20.2. The first-order valence-electron chi connectivity index (χ1n) is 6.22. The van der Waals surface area contributed by atoms with Crippen molar-refractivity contribution in [2.45, 2.75) is 33.7 Å². The zero-order chi connectivity index (χ0) is 12.7. The number of hydrogen-bond acceptors (Lipinski definition) is 2. The van der Waals surface area contributed by atoms with E-state index in [4.69, 9.17) is 0 Å². The molecule has 0 aliphatic carbocycles. The lowest BCUT2D eigenvalue weighted by molar-refractivity contribution is 0.116. The molecule has 1 unspecified atom stereocenters. The second-order valence-corrected chi connectivity index (χ2v) is 4.39. The van der Waals surface area contributed by atoms with Crippen molar-refractivity contribution in [1.29, 1.82) is 0 Å². The monoisotopic (exact) mass is 229 g/mol. The van der Waals surface area contributed by atoms with E-state index in [2.05, 4.69) is 19.2 Å². The summed E-state index contributed by atoms with van der Waals surface area (Å²) in [7, 11) is 3.61. The molecule has 0 aromatic heterocycles. The summed E-state index contributed by atoms with van der Waals surface area (Å²) in [6.45, 7) is 11.0. The third kappa shape index (κ3) is 4.00. The topological polar surface area (TPSA) is 35.6 Å². The van der Waals surface area contributed by atoms with E-state index >= 15 is 0 Å². The average molecular weight is 229 g/mol. The van der Waals surface area contributed by atoms with Gasteiger partial charge in [-0.25, -0.2) is 4.79 Å². The highest BCUT2D eigenvalue weighted by atomic mass is 16.2. The fourth-order valence-corrected chi connectivity index (χ4v) is 1.82. The molecule has 0 radical (unpaired) electrons. The summed E-state index contributed by atoms with van der Waals surface area (Å²) in [5.41, 5.74) is 0. The number of nitrogens with zero attached hydrogens (tertiary/aromatic N) is 2. The molecule has 1 aliphatic rings. The molecule has 0 aromatic rings. The number of rotatable bonds is 1. The Balaban J connectivity index is 0.00000106. The van der Waals surface area contributed by atoms with Gasteiger partial charge in [-0.1, -0.05) is 27.7 Å². The summed E-state index contributed by atoms with van der Waals surface area (Å²) in [5.74, 6) is 0.506. The van der Waals surface area contributed by atoms with Gasteiger partial charge >= 0.3 is 6.03 Å². The van der Waals surface area contributed by atoms with E-state index in [0.29, 0.717) is 12.0 Å². The third-order valence-electron chi connectivity index (χ3n) is 2.68. The molecule has 16 heavy (non-hydrogen) atoms. The van der Waals surface area contributed by atoms with E-state index < -0.39 is 0 Å². The van der Waals surface area contributed by atoms with Crippen LogP contribution in [0.1, 0.15) is 27.7 Å². The molecule has 4 nitrogen and oxygen atoms in total. The molecule has 0 aromatic carbocycles. The molecule has 1 heterocycles. The van der Waals surface area contributed by atoms with Crippen molar-refractivity contribution in [1.82, 2.24) is 15.1 Å². The van der Waals surface area contributed by atoms with Crippen molar-refractivity contribution < 1.29 is 4.79 Å². The van der Waals surface area contributed by atoms with Crippen LogP contribution in [0.4, 0.5) is 4.79 Å². The van der Waals surface area contributed by atoms with Gasteiger partial charge < -0.3 is 15.1 Å². The maximum absolute atomic E-state index is 11.8. The predicted molar refractivity (Wildman–Crippen MR) is 68.6 cm³/mol. The molecule has 1 rings (SSSR count). The number of carbonyl (C=O) groups is 1. The number of carbonyl (C=O) groups excluding carboxylic acids is 1. The maximum Gasteiger partial charge on any atom is 0.319 e. The van der Waals surface area contributed by atoms with Gasteiger partial charge in [-0.3, -0.25) is 0 Å². The lowest BCUT2D eigenvalue weighted by Crippen LogP contribution is -2.57. The van der Waals surface area contributed by atoms with Gasteiger partial charge in [0.15, 0.2) is 0 Å². The summed E-state index contributed by atoms with van der Waals surface area (Å²) in [4.78, 5) is 15.5. The highest BCUT2D eigenvalue weighted by molar-refractivity contribution is 5.74. The molecule has 1 N–H and O–H groups in total. The predicted octanol–water partition coefficient (Wildman–Crippen LogP) is 1.62. The maximum atomic E-state index is 11.8. The van der Waals surface area contributed by atoms with E-state index in [1.165, 1.54) is 0 Å². The van der Waals surface area contributed by atoms with Crippen LogP contribution in [-0.4, -0.2) is 55.6 Å². The Hall–Kier alpha value is -0.770. The minimum absolute atomic E-state index is 0.130. The first-order chi connectivity index (χ1) is 7.54. The van der Waals surface area contributed by atoms with Crippen molar-refractivity contribution >= 4 is 6.03 Å². The molecule has 4 heteroatoms. The van der Waals surface area contributed by atoms with Gasteiger partial charge in [0.2, 0.25) is 0 Å². The van der Waals surface area contributed by atoms with E-state index in [-0.39, 0.29) is 6.03 Å². The Kier molecular flexibility index (Phi) is 7.13. The van der Waals surface area contributed by atoms with Crippen molar-refractivity contribution in [3.05, 3.63) is 0 Å². The SMILES string of the molecule is CC.CC(C)C1CNCCN1C(=O)N(C)C. The number of urea groups is 1. The van der Waals surface area contributed by atoms with Crippen molar-refractivity contribution in [3.63, 3.8) is 0 Å². The van der Waals surface area contributed by atoms with Crippen LogP contribution in [0.3, 0.4) is 0 Å². The van der Waals surface area contributed by atoms with Crippen LogP contribution in [0.2, 0.25) is 0 Å². The van der Waals surface area contributed by atoms with Crippen LogP contribution in [0.5, 0.6) is 0 Å². The zero-order valence-corrected chi connectivity index (χ0v) is 11.6. The molecule has 1 atom stereocenters. The Morgan fingerprint density at radius 3 is 2.38 bits per heavy atom. The van der Waals surface area contributed by atoms with Crippen molar-refractivity contribution in [2.75, 3.05) is 33.7 Å². The second-order valence-electron chi connectivity index (χ2n) is 4.39. The molecule has 1 fully saturated rings. The van der Waals surface area contributed by atoms with Gasteiger partial charge in [-0.05, 0) is 5.92 Å². The molecule has 0 spiro atoms. The summed E-state index contributed by atoms with van der Waals surface area (Å²) in [6, 6.07) is 0.462. The first kappa shape index (κ1) is 15.2. The lowest BCUT2D eigenvalue weighted by Gasteiger charge is -2.39. The molecule has 1 saturated heterocycles. The Morgan fingerprint density at radius 2 is 1.94 bits per heavy atom. The summed E-state index contributed by atoms with van der Waals surface area (Å²) in [5, 5.41) is 3.33. The number of amides is 2. The Morgan fingerprint density at radius 1 is 1.38 bits per heavy atom. The lowest BCUT2D eigenvalue weighted by atomic mass is 10.0. The standard InChI is InChI=1S/C10H21N3O.C2H6/c1-8(2)9-7-11-5-6-13(9)10(14)12(3)4;1-2/h8-9,11H,5-7H2,1-4H3;1-2H3. The van der Waals surface area contributed by atoms with Gasteiger partial charge in [0, 0.05) is 39.8 Å². The van der Waals surface area contributed by atoms with E-state index in [1.807, 2.05) is 32.8 Å². The van der Waals surface area contributed by atoms with Crippen LogP contribution in [0.15, 0.2) is 0 Å². The molecule has 0 saturated carbocycles. The van der Waals surface area contributed by atoms with Gasteiger partial charge in [0.05, 0.1) is 0 Å². The van der Waals surface area contributed by atoms with Crippen LogP contribution >= 0.6 is 0 Å². The zero-order valence-electron chi connectivity index (χ0n) is 11.6. The molecular formula is C12H27N3O. The second kappa shape index (κ2) is 7.49. The minimum atomic E-state index is 0.130. The van der Waals surface area contributed by atoms with E-state index in [1.54, 1.807) is 4.90 Å². The first-order valence-corrected chi connectivity index (χ1v) is 6.22. The van der Waals surface area contributed by atoms with Gasteiger partial charge in [0.25, 0.3) is 0 Å². The summed E-state index contributed by atoms with van der Waals surface area (Å²) < 4.78 is 0. The average Bonchev–Trinajstić information content (AvgIpc) is 2.30. The Bertz CT molecular complexity index is 204. The Labute approximate surface area is 100.0 Å². The highest BCUT2D eigenvalue weighted by Gasteiger charge is 2.29. The molecular weight excluding hydrogens is 202 g/mol. The van der Waals surface area contributed by atoms with Crippen LogP contribution < -0.4 is 5.32 Å². The van der Waals surface area contributed by atoms with Crippen molar-refractivity contribution in [3.8, 4) is 0 Å². The molecule has 0 bridgehead atoms. The number of nitrogens with one attached hydrogen (secondary N) is 1. The summed E-state index contributed by atoms with van der Waals surface area (Å²) >= 11 is 0. The van der Waals surface area contributed by atoms with Crippen molar-refractivity contribution in [2.24, 2.45) is 5.92 Å². The van der Waals surface area contributed by atoms with Gasteiger partial charge in [-0.15, -0.1) is 0 Å². The minimum Gasteiger partial charge on any atom is -0.331 e. The fraction of sp³-hybridized carbons (Fsp3) is 0.917. The van der Waals surface area contributed by atoms with Crippen LogP contribution in [-0.2, 0) is 0 Å². The molecule has 96 valence electrons. The molecule has 1 aliphatic heterocycles. The van der Waals surface area contributed by atoms with Gasteiger partial charge in [0.1, 0.15) is 0 Å². The highest BCUT2D eigenvalue weighted by Crippen LogP contribution is 2.13. The molecule has 2 amide bonds. The van der Waals surface area contributed by atoms with E-state index in [0.717, 1.165) is 19.6 Å². The van der Waals surface area contributed by atoms with Crippen LogP contribution in [0, 0.1) is 5.92 Å². The smallest absolute Gasteiger partial charge is 0.319 e. The number of hydrogen-bond donors (Lipinski definition) is 1. The number of piperazine rings is 1. The van der Waals surface area contributed by atoms with E-state index in [9.17, 15) is 4.79 Å². The quantitative estimate of drug-likeness (QED) is 0.741. The third-order valence-corrected chi connectivity index (χ3v) is 2.68. The largest absolute Gasteiger partial charge is 0.331 e. The summed E-state index contributed by atoms with van der Waals surface area (Å²) in [6.07, 6.45) is 0. The fourth-order valence-electron chi connectivity index (χ4n) is 1.82.